The number of ether oxygens (including phenoxy) is 1. The van der Waals surface area contributed by atoms with Crippen molar-refractivity contribution in [3.05, 3.63) is 105 Å². The van der Waals surface area contributed by atoms with Crippen molar-refractivity contribution in [2.75, 3.05) is 13.7 Å². The van der Waals surface area contributed by atoms with E-state index in [1.54, 1.807) is 19.2 Å². The molecule has 192 valence electrons. The number of methoxy groups -OCH3 is 1. The monoisotopic (exact) mass is 513 g/mol. The molecule has 1 saturated heterocycles. The highest BCUT2D eigenvalue weighted by Gasteiger charge is 2.46. The van der Waals surface area contributed by atoms with Crippen LogP contribution in [0.25, 0.3) is 16.7 Å². The van der Waals surface area contributed by atoms with Crippen LogP contribution >= 0.6 is 0 Å². The predicted molar refractivity (Wildman–Crippen MR) is 139 cm³/mol. The maximum absolute atomic E-state index is 13.2. The van der Waals surface area contributed by atoms with Crippen LogP contribution in [0, 0.1) is 10.1 Å². The van der Waals surface area contributed by atoms with E-state index in [4.69, 9.17) is 4.74 Å². The molecule has 1 aliphatic rings. The minimum Gasteiger partial charge on any atom is -0.508 e. The molecule has 0 saturated carbocycles. The summed E-state index contributed by atoms with van der Waals surface area (Å²) in [7, 11) is 1.58. The molecule has 0 unspecified atom stereocenters. The van der Waals surface area contributed by atoms with Gasteiger partial charge < -0.3 is 24.8 Å². The van der Waals surface area contributed by atoms with E-state index in [1.807, 2.05) is 24.4 Å². The maximum atomic E-state index is 13.2. The lowest BCUT2D eigenvalue weighted by atomic mass is 9.95. The quantitative estimate of drug-likeness (QED) is 0.109. The number of nitro benzene ring substituents is 1. The van der Waals surface area contributed by atoms with Gasteiger partial charge in [0.05, 0.1) is 23.6 Å². The molecule has 3 N–H and O–H groups in total. The van der Waals surface area contributed by atoms with E-state index in [9.17, 15) is 29.9 Å². The second-order valence-electron chi connectivity index (χ2n) is 8.87. The van der Waals surface area contributed by atoms with Gasteiger partial charge in [-0.25, -0.2) is 0 Å². The van der Waals surface area contributed by atoms with Crippen LogP contribution in [0.3, 0.4) is 0 Å². The molecule has 0 spiro atoms. The number of phenols is 1. The lowest BCUT2D eigenvalue weighted by molar-refractivity contribution is -0.384. The Balaban J connectivity index is 1.56. The van der Waals surface area contributed by atoms with Gasteiger partial charge in [-0.3, -0.25) is 19.7 Å². The lowest BCUT2D eigenvalue weighted by Gasteiger charge is -2.25. The van der Waals surface area contributed by atoms with Crippen molar-refractivity contribution < 1.29 is 29.5 Å². The number of Topliss-reactive ketones (excluding diaryl/α,β-unsaturated/α-hetero) is 1. The van der Waals surface area contributed by atoms with Crippen LogP contribution in [0.5, 0.6) is 11.5 Å². The molecule has 2 heterocycles. The Morgan fingerprint density at radius 2 is 1.87 bits per heavy atom. The summed E-state index contributed by atoms with van der Waals surface area (Å²) in [4.78, 5) is 41.7. The number of nitro groups is 1. The number of phenolic OH excluding ortho intramolecular Hbond substituents is 1. The molecule has 1 aromatic heterocycles. The molecule has 1 fully saturated rings. The summed E-state index contributed by atoms with van der Waals surface area (Å²) >= 11 is 0. The standard InChI is InChI=1S/C28H23N3O7/c1-38-21-9-10-23-22(14-21)18(15-29-23)11-12-30-25(16-5-7-20(32)8-6-16)24(27(34)28(30)35)26(33)17-3-2-4-19(13-17)31(36)37/h2-10,13-15,25,29,32-33H,11-12H2,1H3/t25-/m1/s1. The number of amides is 1. The molecule has 0 radical (unpaired) electrons. The first-order valence-electron chi connectivity index (χ1n) is 11.7. The third-order valence-electron chi connectivity index (χ3n) is 6.68. The van der Waals surface area contributed by atoms with E-state index in [-0.39, 0.29) is 29.1 Å². The number of carbonyl (C=O) groups is 2. The fraction of sp³-hybridized carbons (Fsp3) is 0.143. The van der Waals surface area contributed by atoms with Crippen LogP contribution in [0.4, 0.5) is 5.69 Å². The van der Waals surface area contributed by atoms with E-state index >= 15 is 0 Å². The Bertz CT molecular complexity index is 1600. The minimum absolute atomic E-state index is 0.00266. The largest absolute Gasteiger partial charge is 0.508 e. The van der Waals surface area contributed by atoms with Crippen LogP contribution in [-0.2, 0) is 16.0 Å². The van der Waals surface area contributed by atoms with Crippen LogP contribution in [0.2, 0.25) is 0 Å². The highest BCUT2D eigenvalue weighted by molar-refractivity contribution is 6.46. The Morgan fingerprint density at radius 1 is 1.11 bits per heavy atom. The van der Waals surface area contributed by atoms with Crippen molar-refractivity contribution in [3.63, 3.8) is 0 Å². The molecule has 10 nitrogen and oxygen atoms in total. The summed E-state index contributed by atoms with van der Waals surface area (Å²) < 4.78 is 5.33. The van der Waals surface area contributed by atoms with Gasteiger partial charge in [0.1, 0.15) is 17.3 Å². The van der Waals surface area contributed by atoms with Crippen molar-refractivity contribution in [1.29, 1.82) is 0 Å². The molecule has 0 bridgehead atoms. The fourth-order valence-electron chi connectivity index (χ4n) is 4.77. The molecule has 1 aliphatic heterocycles. The van der Waals surface area contributed by atoms with Gasteiger partial charge in [-0.2, -0.15) is 0 Å². The summed E-state index contributed by atoms with van der Waals surface area (Å²) in [5.74, 6) is -1.53. The molecule has 3 aromatic carbocycles. The van der Waals surface area contributed by atoms with E-state index < -0.39 is 28.4 Å². The van der Waals surface area contributed by atoms with E-state index in [2.05, 4.69) is 4.98 Å². The Hall–Kier alpha value is -5.12. The van der Waals surface area contributed by atoms with Gasteiger partial charge in [0, 0.05) is 41.3 Å². The number of aliphatic hydroxyl groups is 1. The van der Waals surface area contributed by atoms with Gasteiger partial charge in [-0.15, -0.1) is 0 Å². The first-order chi connectivity index (χ1) is 18.3. The summed E-state index contributed by atoms with van der Waals surface area (Å²) in [6, 6.07) is 15.9. The molecule has 4 aromatic rings. The number of nitrogens with one attached hydrogen (secondary N) is 1. The Kier molecular flexibility index (Phi) is 6.29. The number of benzene rings is 3. The molecule has 0 aliphatic carbocycles. The van der Waals surface area contributed by atoms with Crippen LogP contribution in [-0.4, -0.2) is 50.4 Å². The van der Waals surface area contributed by atoms with Crippen molar-refractivity contribution in [3.8, 4) is 11.5 Å². The molecule has 38 heavy (non-hydrogen) atoms. The number of H-pyrrole nitrogens is 1. The topological polar surface area (TPSA) is 146 Å². The number of non-ortho nitro benzene ring substituents is 1. The number of fused-ring (bicyclic) bond motifs is 1. The number of aliphatic hydroxyl groups excluding tert-OH is 1. The highest BCUT2D eigenvalue weighted by atomic mass is 16.6. The SMILES string of the molecule is COc1ccc2[nH]cc(CCN3C(=O)C(=O)C(=C(O)c4cccc([N+](=O)[O-])c4)[C@H]3c3ccc(O)cc3)c2c1. The second-order valence-corrected chi connectivity index (χ2v) is 8.87. The number of aromatic amines is 1. The first kappa shape index (κ1) is 24.6. The number of likely N-dealkylation sites (tertiary alicyclic amines) is 1. The number of hydrogen-bond donors (Lipinski definition) is 3. The summed E-state index contributed by atoms with van der Waals surface area (Å²) in [5, 5.41) is 33.1. The van der Waals surface area contributed by atoms with Gasteiger partial charge in [0.2, 0.25) is 0 Å². The molecular formula is C28H23N3O7. The number of ketones is 1. The Labute approximate surface area is 216 Å². The predicted octanol–water partition coefficient (Wildman–Crippen LogP) is 4.45. The summed E-state index contributed by atoms with van der Waals surface area (Å²) in [6.07, 6.45) is 2.23. The lowest BCUT2D eigenvalue weighted by Crippen LogP contribution is -2.31. The molecule has 1 atom stereocenters. The van der Waals surface area contributed by atoms with Crippen LogP contribution in [0.1, 0.15) is 22.7 Å². The number of carbonyl (C=O) groups excluding carboxylic acids is 2. The maximum Gasteiger partial charge on any atom is 0.295 e. The number of aromatic hydroxyl groups is 1. The number of nitrogens with zero attached hydrogens (tertiary/aromatic N) is 2. The smallest absolute Gasteiger partial charge is 0.295 e. The summed E-state index contributed by atoms with van der Waals surface area (Å²) in [6.45, 7) is 0.145. The minimum atomic E-state index is -0.963. The van der Waals surface area contributed by atoms with Gasteiger partial charge in [-0.05, 0) is 47.9 Å². The zero-order valence-corrected chi connectivity index (χ0v) is 20.2. The number of aromatic nitrogens is 1. The average Bonchev–Trinajstić information content (AvgIpc) is 3.44. The molecule has 10 heteroatoms. The third kappa shape index (κ3) is 4.32. The van der Waals surface area contributed by atoms with Gasteiger partial charge in [0.25, 0.3) is 17.4 Å². The Morgan fingerprint density at radius 3 is 2.58 bits per heavy atom. The van der Waals surface area contributed by atoms with Crippen molar-refractivity contribution in [1.82, 2.24) is 9.88 Å². The normalized spacial score (nSPS) is 16.8. The summed E-state index contributed by atoms with van der Waals surface area (Å²) in [5.41, 5.74) is 1.90. The van der Waals surface area contributed by atoms with E-state index in [1.165, 1.54) is 35.2 Å². The van der Waals surface area contributed by atoms with Gasteiger partial charge >= 0.3 is 0 Å². The number of rotatable bonds is 7. The van der Waals surface area contributed by atoms with Gasteiger partial charge in [-0.1, -0.05) is 24.3 Å². The first-order valence-corrected chi connectivity index (χ1v) is 11.7. The third-order valence-corrected chi connectivity index (χ3v) is 6.68. The molecule has 5 rings (SSSR count). The van der Waals surface area contributed by atoms with Crippen molar-refractivity contribution in [2.24, 2.45) is 0 Å². The zero-order chi connectivity index (χ0) is 27.0. The number of hydrogen-bond acceptors (Lipinski definition) is 7. The fourth-order valence-corrected chi connectivity index (χ4v) is 4.77. The van der Waals surface area contributed by atoms with Crippen LogP contribution in [0.15, 0.2) is 78.5 Å². The molecule has 1 amide bonds. The van der Waals surface area contributed by atoms with Gasteiger partial charge in [0.15, 0.2) is 0 Å². The van der Waals surface area contributed by atoms with Crippen LogP contribution < -0.4 is 4.74 Å². The van der Waals surface area contributed by atoms with E-state index in [0.717, 1.165) is 22.5 Å². The van der Waals surface area contributed by atoms with Crippen molar-refractivity contribution in [2.45, 2.75) is 12.5 Å². The zero-order valence-electron chi connectivity index (χ0n) is 20.2. The highest BCUT2D eigenvalue weighted by Crippen LogP contribution is 2.40. The average molecular weight is 514 g/mol. The van der Waals surface area contributed by atoms with Crippen molar-refractivity contribution >= 4 is 34.0 Å². The molecular weight excluding hydrogens is 490 g/mol. The second kappa shape index (κ2) is 9.74. The van der Waals surface area contributed by atoms with E-state index in [0.29, 0.717) is 17.7 Å².